The van der Waals surface area contributed by atoms with Crippen LogP contribution in [0.3, 0.4) is 0 Å². The van der Waals surface area contributed by atoms with Gasteiger partial charge in [0.05, 0.1) is 10.6 Å². The van der Waals surface area contributed by atoms with Crippen LogP contribution < -0.4 is 5.32 Å². The highest BCUT2D eigenvalue weighted by Crippen LogP contribution is 2.14. The predicted molar refractivity (Wildman–Crippen MR) is 94.8 cm³/mol. The Labute approximate surface area is 146 Å². The number of ether oxygens (including phenoxy) is 1. The average molecular weight is 344 g/mol. The van der Waals surface area contributed by atoms with Gasteiger partial charge in [-0.2, -0.15) is 0 Å². The van der Waals surface area contributed by atoms with Crippen LogP contribution in [0.5, 0.6) is 0 Å². The van der Waals surface area contributed by atoms with Gasteiger partial charge in [-0.3, -0.25) is 4.79 Å². The van der Waals surface area contributed by atoms with E-state index in [0.717, 1.165) is 5.56 Å². The highest BCUT2D eigenvalue weighted by molar-refractivity contribution is 6.33. The monoisotopic (exact) mass is 343 g/mol. The van der Waals surface area contributed by atoms with Crippen molar-refractivity contribution in [3.8, 4) is 0 Å². The lowest BCUT2D eigenvalue weighted by Gasteiger charge is -2.13. The first-order valence-corrected chi connectivity index (χ1v) is 7.89. The number of halogens is 1. The smallest absolute Gasteiger partial charge is 0.328 e. The standard InChI is InChI=1S/C19H18ClNO3/c1-14(21-18(22)16-11-5-6-12-17(16)20)19(23)24-13-7-10-15-8-3-2-4-9-15/h2-12,14H,13H2,1H3,(H,21,22)/b10-7+/t14-/m0/s1. The summed E-state index contributed by atoms with van der Waals surface area (Å²) in [6.45, 7) is 1.71. The Morgan fingerprint density at radius 3 is 2.50 bits per heavy atom. The van der Waals surface area contributed by atoms with Crippen molar-refractivity contribution >= 4 is 29.6 Å². The van der Waals surface area contributed by atoms with Crippen molar-refractivity contribution in [2.45, 2.75) is 13.0 Å². The molecule has 0 aliphatic rings. The fraction of sp³-hybridized carbons (Fsp3) is 0.158. The summed E-state index contributed by atoms with van der Waals surface area (Å²) >= 11 is 5.96. The minimum absolute atomic E-state index is 0.139. The zero-order valence-electron chi connectivity index (χ0n) is 13.2. The lowest BCUT2D eigenvalue weighted by molar-refractivity contribution is -0.144. The van der Waals surface area contributed by atoms with Crippen LogP contribution in [0.2, 0.25) is 5.02 Å². The number of amides is 1. The van der Waals surface area contributed by atoms with E-state index in [1.807, 2.05) is 36.4 Å². The van der Waals surface area contributed by atoms with Gasteiger partial charge in [-0.15, -0.1) is 0 Å². The number of carbonyl (C=O) groups is 2. The maximum absolute atomic E-state index is 12.1. The zero-order chi connectivity index (χ0) is 17.4. The van der Waals surface area contributed by atoms with Crippen LogP contribution in [0.4, 0.5) is 0 Å². The normalized spacial score (nSPS) is 11.9. The van der Waals surface area contributed by atoms with Crippen LogP contribution >= 0.6 is 11.6 Å². The van der Waals surface area contributed by atoms with Crippen molar-refractivity contribution in [2.24, 2.45) is 0 Å². The van der Waals surface area contributed by atoms with Gasteiger partial charge >= 0.3 is 5.97 Å². The molecule has 0 aromatic heterocycles. The summed E-state index contributed by atoms with van der Waals surface area (Å²) in [6.07, 6.45) is 3.61. The second-order valence-corrected chi connectivity index (χ2v) is 5.53. The quantitative estimate of drug-likeness (QED) is 0.813. The van der Waals surface area contributed by atoms with Crippen molar-refractivity contribution in [1.29, 1.82) is 0 Å². The highest BCUT2D eigenvalue weighted by Gasteiger charge is 2.18. The summed E-state index contributed by atoms with van der Waals surface area (Å²) < 4.78 is 5.12. The van der Waals surface area contributed by atoms with Crippen molar-refractivity contribution in [2.75, 3.05) is 6.61 Å². The van der Waals surface area contributed by atoms with E-state index >= 15 is 0 Å². The Bertz CT molecular complexity index is 728. The maximum atomic E-state index is 12.1. The van der Waals surface area contributed by atoms with Gasteiger partial charge in [-0.05, 0) is 30.7 Å². The Kier molecular flexibility index (Phi) is 6.58. The molecule has 124 valence electrons. The van der Waals surface area contributed by atoms with Crippen LogP contribution in [0, 0.1) is 0 Å². The first-order valence-electron chi connectivity index (χ1n) is 7.51. The van der Waals surface area contributed by atoms with E-state index in [2.05, 4.69) is 5.32 Å². The summed E-state index contributed by atoms with van der Waals surface area (Å²) in [7, 11) is 0. The van der Waals surface area contributed by atoms with Crippen LogP contribution in [-0.2, 0) is 9.53 Å². The average Bonchev–Trinajstić information content (AvgIpc) is 2.59. The van der Waals surface area contributed by atoms with Gasteiger partial charge in [0.2, 0.25) is 0 Å². The zero-order valence-corrected chi connectivity index (χ0v) is 14.0. The molecule has 2 aromatic rings. The predicted octanol–water partition coefficient (Wildman–Crippen LogP) is 3.71. The molecule has 0 radical (unpaired) electrons. The van der Waals surface area contributed by atoms with E-state index in [-0.39, 0.29) is 6.61 Å². The molecule has 4 nitrogen and oxygen atoms in total. The highest BCUT2D eigenvalue weighted by atomic mass is 35.5. The molecule has 24 heavy (non-hydrogen) atoms. The summed E-state index contributed by atoms with van der Waals surface area (Å²) in [6, 6.07) is 15.6. The summed E-state index contributed by atoms with van der Waals surface area (Å²) in [5, 5.41) is 2.91. The number of benzene rings is 2. The molecule has 0 heterocycles. The number of hydrogen-bond acceptors (Lipinski definition) is 3. The second kappa shape index (κ2) is 8.89. The van der Waals surface area contributed by atoms with Gasteiger partial charge in [-0.25, -0.2) is 4.79 Å². The van der Waals surface area contributed by atoms with Crippen molar-refractivity contribution in [3.05, 3.63) is 76.8 Å². The van der Waals surface area contributed by atoms with E-state index in [1.54, 1.807) is 37.3 Å². The third kappa shape index (κ3) is 5.25. The molecule has 0 saturated heterocycles. The van der Waals surface area contributed by atoms with Gasteiger partial charge in [-0.1, -0.05) is 60.1 Å². The van der Waals surface area contributed by atoms with Gasteiger partial charge in [0.15, 0.2) is 0 Å². The van der Waals surface area contributed by atoms with Crippen molar-refractivity contribution < 1.29 is 14.3 Å². The van der Waals surface area contributed by atoms with Crippen molar-refractivity contribution in [3.63, 3.8) is 0 Å². The van der Waals surface area contributed by atoms with Gasteiger partial charge in [0.1, 0.15) is 12.6 Å². The first kappa shape index (κ1) is 17.8. The van der Waals surface area contributed by atoms with Crippen LogP contribution in [0.15, 0.2) is 60.7 Å². The van der Waals surface area contributed by atoms with E-state index in [9.17, 15) is 9.59 Å². The summed E-state index contributed by atoms with van der Waals surface area (Å²) in [4.78, 5) is 24.0. The first-order chi connectivity index (χ1) is 11.6. The fourth-order valence-electron chi connectivity index (χ4n) is 1.98. The Hall–Kier alpha value is -2.59. The van der Waals surface area contributed by atoms with Crippen molar-refractivity contribution in [1.82, 2.24) is 5.32 Å². The molecular weight excluding hydrogens is 326 g/mol. The number of hydrogen-bond donors (Lipinski definition) is 1. The number of rotatable bonds is 6. The molecular formula is C19H18ClNO3. The molecule has 0 unspecified atom stereocenters. The molecule has 2 aromatic carbocycles. The molecule has 0 aliphatic heterocycles. The number of carbonyl (C=O) groups excluding carboxylic acids is 2. The SMILES string of the molecule is C[C@H](NC(=O)c1ccccc1Cl)C(=O)OC/C=C/c1ccccc1. The second-order valence-electron chi connectivity index (χ2n) is 5.12. The third-order valence-corrected chi connectivity index (χ3v) is 3.58. The lowest BCUT2D eigenvalue weighted by atomic mass is 10.2. The molecule has 1 N–H and O–H groups in total. The summed E-state index contributed by atoms with van der Waals surface area (Å²) in [5.41, 5.74) is 1.34. The number of nitrogens with one attached hydrogen (secondary N) is 1. The maximum Gasteiger partial charge on any atom is 0.328 e. The van der Waals surface area contributed by atoms with Gasteiger partial charge in [0, 0.05) is 0 Å². The Balaban J connectivity index is 1.81. The fourth-order valence-corrected chi connectivity index (χ4v) is 2.20. The van der Waals surface area contributed by atoms with Crippen LogP contribution in [-0.4, -0.2) is 24.5 Å². The van der Waals surface area contributed by atoms with E-state index in [0.29, 0.717) is 10.6 Å². The van der Waals surface area contributed by atoms with E-state index in [1.165, 1.54) is 0 Å². The molecule has 2 rings (SSSR count). The van der Waals surface area contributed by atoms with Gasteiger partial charge in [0.25, 0.3) is 5.91 Å². The molecule has 0 aliphatic carbocycles. The lowest BCUT2D eigenvalue weighted by Crippen LogP contribution is -2.39. The van der Waals surface area contributed by atoms with Crippen LogP contribution in [0.25, 0.3) is 6.08 Å². The number of esters is 1. The summed E-state index contributed by atoms with van der Waals surface area (Å²) in [5.74, 6) is -0.919. The third-order valence-electron chi connectivity index (χ3n) is 3.25. The Morgan fingerprint density at radius 2 is 1.79 bits per heavy atom. The van der Waals surface area contributed by atoms with E-state index < -0.39 is 17.9 Å². The molecule has 1 atom stereocenters. The topological polar surface area (TPSA) is 55.4 Å². The molecule has 0 saturated carbocycles. The molecule has 1 amide bonds. The molecule has 0 fully saturated rings. The van der Waals surface area contributed by atoms with Crippen LogP contribution in [0.1, 0.15) is 22.8 Å². The molecule has 5 heteroatoms. The molecule has 0 bridgehead atoms. The largest absolute Gasteiger partial charge is 0.460 e. The Morgan fingerprint density at radius 1 is 1.12 bits per heavy atom. The molecule has 0 spiro atoms. The minimum Gasteiger partial charge on any atom is -0.460 e. The van der Waals surface area contributed by atoms with E-state index in [4.69, 9.17) is 16.3 Å². The van der Waals surface area contributed by atoms with Gasteiger partial charge < -0.3 is 10.1 Å². The minimum atomic E-state index is -0.765.